The SMILES string of the molecule is COC(=O)N(C)c1ccc2c(c1)oc(=O)n2C. The Kier molecular flexibility index (Phi) is 2.63. The minimum absolute atomic E-state index is 0.433. The fourth-order valence-electron chi connectivity index (χ4n) is 1.57. The zero-order valence-corrected chi connectivity index (χ0v) is 9.76. The lowest BCUT2D eigenvalue weighted by Crippen LogP contribution is -2.25. The number of hydrogen-bond acceptors (Lipinski definition) is 4. The van der Waals surface area contributed by atoms with Crippen molar-refractivity contribution in [2.45, 2.75) is 0 Å². The van der Waals surface area contributed by atoms with Crippen molar-refractivity contribution < 1.29 is 13.9 Å². The molecule has 0 fully saturated rings. The van der Waals surface area contributed by atoms with Gasteiger partial charge in [-0.15, -0.1) is 0 Å². The third kappa shape index (κ3) is 1.77. The Morgan fingerprint density at radius 3 is 2.82 bits per heavy atom. The molecule has 0 unspecified atom stereocenters. The summed E-state index contributed by atoms with van der Waals surface area (Å²) in [5.74, 6) is -0.433. The van der Waals surface area contributed by atoms with E-state index in [0.717, 1.165) is 0 Å². The van der Waals surface area contributed by atoms with Gasteiger partial charge in [0.15, 0.2) is 5.58 Å². The van der Waals surface area contributed by atoms with Gasteiger partial charge in [0.05, 0.1) is 18.3 Å². The molecule has 1 amide bonds. The highest BCUT2D eigenvalue weighted by molar-refractivity contribution is 5.89. The van der Waals surface area contributed by atoms with Crippen molar-refractivity contribution in [3.8, 4) is 0 Å². The van der Waals surface area contributed by atoms with E-state index in [1.165, 1.54) is 16.6 Å². The number of aromatic nitrogens is 1. The average molecular weight is 236 g/mol. The first-order valence-electron chi connectivity index (χ1n) is 4.96. The molecule has 0 spiro atoms. The van der Waals surface area contributed by atoms with Crippen LogP contribution in [0.15, 0.2) is 27.4 Å². The summed E-state index contributed by atoms with van der Waals surface area (Å²) in [6.07, 6.45) is -0.484. The van der Waals surface area contributed by atoms with Crippen LogP contribution < -0.4 is 10.7 Å². The van der Waals surface area contributed by atoms with E-state index in [1.54, 1.807) is 32.3 Å². The van der Waals surface area contributed by atoms with Crippen LogP contribution >= 0.6 is 0 Å². The zero-order valence-electron chi connectivity index (χ0n) is 9.76. The second-order valence-electron chi connectivity index (χ2n) is 3.61. The Bertz CT molecular complexity index is 626. The van der Waals surface area contributed by atoms with Crippen LogP contribution in [0, 0.1) is 0 Å². The average Bonchev–Trinajstić information content (AvgIpc) is 2.62. The molecule has 2 aromatic rings. The van der Waals surface area contributed by atoms with Gasteiger partial charge in [-0.25, -0.2) is 9.59 Å². The smallest absolute Gasteiger partial charge is 0.419 e. The second-order valence-corrected chi connectivity index (χ2v) is 3.61. The van der Waals surface area contributed by atoms with Gasteiger partial charge in [0.2, 0.25) is 0 Å². The van der Waals surface area contributed by atoms with E-state index in [0.29, 0.717) is 16.8 Å². The minimum atomic E-state index is -0.484. The summed E-state index contributed by atoms with van der Waals surface area (Å²) in [5, 5.41) is 0. The first kappa shape index (κ1) is 11.3. The van der Waals surface area contributed by atoms with Crippen LogP contribution in [-0.4, -0.2) is 24.8 Å². The second kappa shape index (κ2) is 3.97. The fourth-order valence-corrected chi connectivity index (χ4v) is 1.57. The third-order valence-corrected chi connectivity index (χ3v) is 2.61. The van der Waals surface area contributed by atoms with Gasteiger partial charge in [-0.1, -0.05) is 0 Å². The molecule has 90 valence electrons. The minimum Gasteiger partial charge on any atom is -0.452 e. The summed E-state index contributed by atoms with van der Waals surface area (Å²) in [5.41, 5.74) is 1.71. The van der Waals surface area contributed by atoms with Crippen LogP contribution in [0.25, 0.3) is 11.1 Å². The Balaban J connectivity index is 2.52. The van der Waals surface area contributed by atoms with Crippen LogP contribution in [0.5, 0.6) is 0 Å². The van der Waals surface area contributed by atoms with Gasteiger partial charge in [-0.05, 0) is 12.1 Å². The Labute approximate surface area is 97.0 Å². The van der Waals surface area contributed by atoms with Gasteiger partial charge < -0.3 is 9.15 Å². The van der Waals surface area contributed by atoms with Crippen molar-refractivity contribution in [2.24, 2.45) is 7.05 Å². The van der Waals surface area contributed by atoms with E-state index in [2.05, 4.69) is 4.74 Å². The van der Waals surface area contributed by atoms with E-state index in [4.69, 9.17) is 4.42 Å². The van der Waals surface area contributed by atoms with Crippen molar-refractivity contribution in [1.82, 2.24) is 4.57 Å². The molecule has 1 heterocycles. The number of carbonyl (C=O) groups excluding carboxylic acids is 1. The molecule has 0 aliphatic heterocycles. The molecule has 0 aliphatic carbocycles. The van der Waals surface area contributed by atoms with Crippen LogP contribution in [0.3, 0.4) is 0 Å². The summed E-state index contributed by atoms with van der Waals surface area (Å²) in [4.78, 5) is 24.0. The number of rotatable bonds is 1. The van der Waals surface area contributed by atoms with Crippen molar-refractivity contribution in [3.63, 3.8) is 0 Å². The number of fused-ring (bicyclic) bond motifs is 1. The van der Waals surface area contributed by atoms with E-state index < -0.39 is 11.8 Å². The number of aryl methyl sites for hydroxylation is 1. The van der Waals surface area contributed by atoms with Crippen molar-refractivity contribution in [3.05, 3.63) is 28.7 Å². The number of benzene rings is 1. The molecule has 6 nitrogen and oxygen atoms in total. The quantitative estimate of drug-likeness (QED) is 0.749. The number of ether oxygens (including phenoxy) is 1. The molecular formula is C11H12N2O4. The van der Waals surface area contributed by atoms with Crippen LogP contribution in [0.4, 0.5) is 10.5 Å². The summed E-state index contributed by atoms with van der Waals surface area (Å²) in [6.45, 7) is 0. The standard InChI is InChI=1S/C11H12N2O4/c1-12(10(14)16-3)7-4-5-8-9(6-7)17-11(15)13(8)2/h4-6H,1-3H3. The topological polar surface area (TPSA) is 64.7 Å². The maximum atomic E-state index is 11.3. The van der Waals surface area contributed by atoms with Gasteiger partial charge in [-0.3, -0.25) is 9.47 Å². The highest BCUT2D eigenvalue weighted by atomic mass is 16.5. The molecule has 6 heteroatoms. The summed E-state index contributed by atoms with van der Waals surface area (Å²) < 4.78 is 11.0. The van der Waals surface area contributed by atoms with Gasteiger partial charge in [0.25, 0.3) is 0 Å². The van der Waals surface area contributed by atoms with Gasteiger partial charge >= 0.3 is 11.8 Å². The third-order valence-electron chi connectivity index (χ3n) is 2.61. The summed E-state index contributed by atoms with van der Waals surface area (Å²) >= 11 is 0. The van der Waals surface area contributed by atoms with Crippen LogP contribution in [0.1, 0.15) is 0 Å². The largest absolute Gasteiger partial charge is 0.452 e. The van der Waals surface area contributed by atoms with Crippen molar-refractivity contribution >= 4 is 22.9 Å². The highest BCUT2D eigenvalue weighted by Gasteiger charge is 2.13. The fraction of sp³-hybridized carbons (Fsp3) is 0.273. The Morgan fingerprint density at radius 1 is 1.47 bits per heavy atom. The van der Waals surface area contributed by atoms with E-state index in [-0.39, 0.29) is 0 Å². The number of anilines is 1. The molecule has 17 heavy (non-hydrogen) atoms. The van der Waals surface area contributed by atoms with E-state index >= 15 is 0 Å². The van der Waals surface area contributed by atoms with Gasteiger partial charge in [0.1, 0.15) is 0 Å². The number of nitrogens with zero attached hydrogens (tertiary/aromatic N) is 2. The molecule has 0 saturated heterocycles. The predicted octanol–water partition coefficient (Wildman–Crippen LogP) is 1.33. The summed E-state index contributed by atoms with van der Waals surface area (Å²) in [7, 11) is 4.51. The lowest BCUT2D eigenvalue weighted by Gasteiger charge is -2.14. The van der Waals surface area contributed by atoms with E-state index in [1.807, 2.05) is 0 Å². The summed E-state index contributed by atoms with van der Waals surface area (Å²) in [6, 6.07) is 5.05. The molecular weight excluding hydrogens is 224 g/mol. The molecule has 0 radical (unpaired) electrons. The zero-order chi connectivity index (χ0) is 12.6. The molecule has 1 aromatic heterocycles. The molecule has 1 aromatic carbocycles. The van der Waals surface area contributed by atoms with Crippen molar-refractivity contribution in [2.75, 3.05) is 19.1 Å². The lowest BCUT2D eigenvalue weighted by atomic mass is 10.2. The highest BCUT2D eigenvalue weighted by Crippen LogP contribution is 2.20. The normalized spacial score (nSPS) is 10.5. The lowest BCUT2D eigenvalue weighted by molar-refractivity contribution is 0.180. The predicted molar refractivity (Wildman–Crippen MR) is 62.3 cm³/mol. The van der Waals surface area contributed by atoms with Gasteiger partial charge in [0, 0.05) is 20.2 Å². The molecule has 0 aliphatic rings. The van der Waals surface area contributed by atoms with Crippen LogP contribution in [0.2, 0.25) is 0 Å². The van der Waals surface area contributed by atoms with Crippen molar-refractivity contribution in [1.29, 1.82) is 0 Å². The first-order valence-corrected chi connectivity index (χ1v) is 4.96. The number of amides is 1. The first-order chi connectivity index (χ1) is 8.04. The molecule has 0 saturated carbocycles. The number of oxazole rings is 1. The Hall–Kier alpha value is -2.24. The number of hydrogen-bond donors (Lipinski definition) is 0. The maximum Gasteiger partial charge on any atom is 0.419 e. The van der Waals surface area contributed by atoms with E-state index in [9.17, 15) is 9.59 Å². The molecule has 2 rings (SSSR count). The number of methoxy groups -OCH3 is 1. The molecule has 0 N–H and O–H groups in total. The monoisotopic (exact) mass is 236 g/mol. The van der Waals surface area contributed by atoms with Crippen LogP contribution in [-0.2, 0) is 11.8 Å². The molecule has 0 bridgehead atoms. The van der Waals surface area contributed by atoms with Gasteiger partial charge in [-0.2, -0.15) is 0 Å². The Morgan fingerprint density at radius 2 is 2.18 bits per heavy atom. The number of carbonyl (C=O) groups is 1. The molecule has 0 atom stereocenters. The maximum absolute atomic E-state index is 11.3.